The van der Waals surface area contributed by atoms with Crippen LogP contribution in [0.15, 0.2) is 90.0 Å². The first-order valence-corrected chi connectivity index (χ1v) is 14.0. The summed E-state index contributed by atoms with van der Waals surface area (Å²) in [6.45, 7) is 1.51. The van der Waals surface area contributed by atoms with Gasteiger partial charge in [-0.15, -0.1) is 0 Å². The molecule has 1 amide bonds. The lowest BCUT2D eigenvalue weighted by atomic mass is 10.1. The first-order valence-electron chi connectivity index (χ1n) is 12.4. The normalized spacial score (nSPS) is 14.4. The average molecular weight is 576 g/mol. The van der Waals surface area contributed by atoms with Gasteiger partial charge in [0.2, 0.25) is 0 Å². The van der Waals surface area contributed by atoms with E-state index in [1.165, 1.54) is 11.8 Å². The second-order valence-corrected chi connectivity index (χ2v) is 10.9. The van der Waals surface area contributed by atoms with Crippen molar-refractivity contribution < 1.29 is 14.3 Å². The molecule has 1 aliphatic rings. The van der Waals surface area contributed by atoms with Crippen LogP contribution in [0.2, 0.25) is 5.02 Å². The molecule has 1 fully saturated rings. The number of aromatic nitrogens is 2. The lowest BCUT2D eigenvalue weighted by Crippen LogP contribution is -2.29. The Morgan fingerprint density at radius 3 is 2.62 bits per heavy atom. The van der Waals surface area contributed by atoms with Crippen LogP contribution in [-0.4, -0.2) is 45.2 Å². The molecule has 39 heavy (non-hydrogen) atoms. The Hall–Kier alpha value is -3.43. The Morgan fingerprint density at radius 1 is 1.05 bits per heavy atom. The number of para-hydroxylation sites is 1. The van der Waals surface area contributed by atoms with Gasteiger partial charge in [0.15, 0.2) is 0 Å². The third-order valence-corrected chi connectivity index (χ3v) is 7.71. The van der Waals surface area contributed by atoms with Gasteiger partial charge in [0.05, 0.1) is 10.6 Å². The molecule has 6 nitrogen and oxygen atoms in total. The Balaban J connectivity index is 1.46. The lowest BCUT2D eigenvalue weighted by Gasteiger charge is -2.13. The molecule has 0 N–H and O–H groups in total. The van der Waals surface area contributed by atoms with Crippen LogP contribution in [0.3, 0.4) is 0 Å². The molecule has 0 atom stereocenters. The van der Waals surface area contributed by atoms with E-state index in [1.54, 1.807) is 12.0 Å². The molecule has 4 aromatic rings. The number of carbonyl (C=O) groups is 1. The third-order valence-electron chi connectivity index (χ3n) is 6.08. The summed E-state index contributed by atoms with van der Waals surface area (Å²) in [4.78, 5) is 15.4. The average Bonchev–Trinajstić information content (AvgIpc) is 3.50. The number of hydrogen-bond acceptors (Lipinski definition) is 6. The Labute approximate surface area is 242 Å². The minimum atomic E-state index is -0.0976. The largest absolute Gasteiger partial charge is 0.489 e. The molecule has 0 bridgehead atoms. The fraction of sp³-hybridized carbons (Fsp3) is 0.167. The van der Waals surface area contributed by atoms with Crippen molar-refractivity contribution in [2.45, 2.75) is 13.0 Å². The van der Waals surface area contributed by atoms with E-state index in [0.29, 0.717) is 39.8 Å². The van der Waals surface area contributed by atoms with Gasteiger partial charge in [-0.2, -0.15) is 5.10 Å². The molecule has 0 unspecified atom stereocenters. The highest BCUT2D eigenvalue weighted by Crippen LogP contribution is 2.35. The van der Waals surface area contributed by atoms with Crippen LogP contribution in [0.4, 0.5) is 0 Å². The lowest BCUT2D eigenvalue weighted by molar-refractivity contribution is -0.122. The molecule has 0 aliphatic carbocycles. The summed E-state index contributed by atoms with van der Waals surface area (Å²) in [6.07, 6.45) is 4.53. The number of rotatable bonds is 10. The van der Waals surface area contributed by atoms with Crippen LogP contribution in [0.25, 0.3) is 23.0 Å². The van der Waals surface area contributed by atoms with Crippen molar-refractivity contribution in [3.05, 3.63) is 106 Å². The first-order chi connectivity index (χ1) is 19.0. The molecule has 0 spiro atoms. The summed E-state index contributed by atoms with van der Waals surface area (Å²) in [5.74, 6) is 0.617. The van der Waals surface area contributed by atoms with E-state index in [-0.39, 0.29) is 5.91 Å². The van der Waals surface area contributed by atoms with Gasteiger partial charge in [0.25, 0.3) is 5.91 Å². The topological polar surface area (TPSA) is 56.6 Å². The van der Waals surface area contributed by atoms with Gasteiger partial charge < -0.3 is 9.47 Å². The maximum Gasteiger partial charge on any atom is 0.266 e. The first kappa shape index (κ1) is 27.1. The summed E-state index contributed by atoms with van der Waals surface area (Å²) >= 11 is 12.8. The van der Waals surface area contributed by atoms with Gasteiger partial charge in [0, 0.05) is 42.6 Å². The molecule has 1 saturated heterocycles. The number of nitrogens with zero attached hydrogens (tertiary/aromatic N) is 3. The van der Waals surface area contributed by atoms with Crippen LogP contribution >= 0.6 is 35.6 Å². The number of amides is 1. The van der Waals surface area contributed by atoms with E-state index in [1.807, 2.05) is 95.8 Å². The number of hydrogen-bond donors (Lipinski definition) is 0. The summed E-state index contributed by atoms with van der Waals surface area (Å²) in [6, 6.07) is 25.2. The van der Waals surface area contributed by atoms with Crippen molar-refractivity contribution in [1.29, 1.82) is 0 Å². The minimum Gasteiger partial charge on any atom is -0.489 e. The van der Waals surface area contributed by atoms with Crippen LogP contribution in [0, 0.1) is 0 Å². The van der Waals surface area contributed by atoms with E-state index in [0.717, 1.165) is 34.5 Å². The molecule has 2 heterocycles. The molecule has 5 rings (SSSR count). The highest BCUT2D eigenvalue weighted by Gasteiger charge is 2.32. The van der Waals surface area contributed by atoms with Gasteiger partial charge in [-0.3, -0.25) is 9.69 Å². The Bertz CT molecular complexity index is 1500. The van der Waals surface area contributed by atoms with E-state index in [4.69, 9.17) is 38.4 Å². The molecule has 198 valence electrons. The Kier molecular flexibility index (Phi) is 8.78. The zero-order valence-electron chi connectivity index (χ0n) is 21.2. The zero-order valence-corrected chi connectivity index (χ0v) is 23.6. The summed E-state index contributed by atoms with van der Waals surface area (Å²) in [5.41, 5.74) is 4.36. The third kappa shape index (κ3) is 6.59. The quantitative estimate of drug-likeness (QED) is 0.115. The monoisotopic (exact) mass is 575 g/mol. The molecular formula is C30H26ClN3O3S2. The summed E-state index contributed by atoms with van der Waals surface area (Å²) < 4.78 is 13.6. The fourth-order valence-corrected chi connectivity index (χ4v) is 5.54. The standard InChI is InChI=1S/C30H26ClN3O3S2/c1-36-16-6-15-33-29(35)27(39-30(33)38)18-23-19-34(25-8-3-2-4-9-25)32-28(23)22-7-5-10-26(17-22)37-20-21-11-13-24(31)14-12-21/h2-5,7-14,17-19H,6,15-16,20H2,1H3/b27-18-. The molecule has 0 saturated carbocycles. The van der Waals surface area contributed by atoms with Crippen molar-refractivity contribution in [1.82, 2.24) is 14.7 Å². The van der Waals surface area contributed by atoms with Gasteiger partial charge >= 0.3 is 0 Å². The smallest absolute Gasteiger partial charge is 0.266 e. The molecular weight excluding hydrogens is 550 g/mol. The highest BCUT2D eigenvalue weighted by molar-refractivity contribution is 8.26. The molecule has 1 aromatic heterocycles. The van der Waals surface area contributed by atoms with Crippen molar-refractivity contribution in [2.24, 2.45) is 0 Å². The van der Waals surface area contributed by atoms with Gasteiger partial charge in [-0.05, 0) is 54.5 Å². The molecule has 3 aromatic carbocycles. The Morgan fingerprint density at radius 2 is 1.85 bits per heavy atom. The van der Waals surface area contributed by atoms with Crippen molar-refractivity contribution in [2.75, 3.05) is 20.3 Å². The SMILES string of the molecule is COCCCN1C(=O)/C(=C/c2cn(-c3ccccc3)nc2-c2cccc(OCc3ccc(Cl)cc3)c2)SC1=S. The number of thiocarbonyl (C=S) groups is 1. The fourth-order valence-electron chi connectivity index (χ4n) is 4.11. The summed E-state index contributed by atoms with van der Waals surface area (Å²) in [5, 5.41) is 5.59. The van der Waals surface area contributed by atoms with Crippen molar-refractivity contribution in [3.8, 4) is 22.7 Å². The van der Waals surface area contributed by atoms with Crippen LogP contribution in [-0.2, 0) is 16.1 Å². The van der Waals surface area contributed by atoms with E-state index in [9.17, 15) is 4.79 Å². The van der Waals surface area contributed by atoms with Crippen LogP contribution in [0.5, 0.6) is 5.75 Å². The number of ether oxygens (including phenoxy) is 2. The van der Waals surface area contributed by atoms with Gasteiger partial charge in [-0.25, -0.2) is 4.68 Å². The van der Waals surface area contributed by atoms with E-state index in [2.05, 4.69) is 0 Å². The number of thioether (sulfide) groups is 1. The number of methoxy groups -OCH3 is 1. The van der Waals surface area contributed by atoms with E-state index >= 15 is 0 Å². The van der Waals surface area contributed by atoms with Crippen molar-refractivity contribution >= 4 is 51.9 Å². The number of carbonyl (C=O) groups excluding carboxylic acids is 1. The maximum atomic E-state index is 13.2. The molecule has 0 radical (unpaired) electrons. The van der Waals surface area contributed by atoms with Crippen molar-refractivity contribution in [3.63, 3.8) is 0 Å². The molecule has 9 heteroatoms. The molecule has 1 aliphatic heterocycles. The second kappa shape index (κ2) is 12.6. The zero-order chi connectivity index (χ0) is 27.2. The predicted octanol–water partition coefficient (Wildman–Crippen LogP) is 7.01. The predicted molar refractivity (Wildman–Crippen MR) is 161 cm³/mol. The summed E-state index contributed by atoms with van der Waals surface area (Å²) in [7, 11) is 1.65. The second-order valence-electron chi connectivity index (χ2n) is 8.84. The van der Waals surface area contributed by atoms with E-state index < -0.39 is 0 Å². The highest BCUT2D eigenvalue weighted by atomic mass is 35.5. The van der Waals surface area contributed by atoms with Gasteiger partial charge in [-0.1, -0.05) is 78.0 Å². The maximum absolute atomic E-state index is 13.2. The van der Waals surface area contributed by atoms with Crippen LogP contribution < -0.4 is 4.74 Å². The number of halogens is 1. The minimum absolute atomic E-state index is 0.0976. The van der Waals surface area contributed by atoms with Gasteiger partial charge in [0.1, 0.15) is 22.4 Å². The number of benzene rings is 3. The van der Waals surface area contributed by atoms with Crippen LogP contribution in [0.1, 0.15) is 17.5 Å².